The van der Waals surface area contributed by atoms with Crippen molar-refractivity contribution in [1.29, 1.82) is 0 Å². The Morgan fingerprint density at radius 1 is 0.857 bits per heavy atom. The van der Waals surface area contributed by atoms with Crippen LogP contribution in [-0.4, -0.2) is 6.04 Å². The number of rotatable bonds is 5. The van der Waals surface area contributed by atoms with Crippen molar-refractivity contribution in [3.63, 3.8) is 0 Å². The third-order valence-electron chi connectivity index (χ3n) is 4.89. The summed E-state index contributed by atoms with van der Waals surface area (Å²) in [6.45, 7) is 4.60. The van der Waals surface area contributed by atoms with Gasteiger partial charge in [0.15, 0.2) is 0 Å². The van der Waals surface area contributed by atoms with E-state index in [1.54, 1.807) is 0 Å². The van der Waals surface area contributed by atoms with Gasteiger partial charge in [0.05, 0.1) is 0 Å². The van der Waals surface area contributed by atoms with Crippen molar-refractivity contribution in [2.24, 2.45) is 5.92 Å². The molecule has 1 N–H and O–H groups in total. The Morgan fingerprint density at radius 3 is 2.05 bits per heavy atom. The van der Waals surface area contributed by atoms with Gasteiger partial charge in [0.2, 0.25) is 0 Å². The van der Waals surface area contributed by atoms with E-state index < -0.39 is 0 Å². The molecule has 0 saturated heterocycles. The minimum absolute atomic E-state index is 0.422. The summed E-state index contributed by atoms with van der Waals surface area (Å²) in [5.41, 5.74) is 3.95. The zero-order valence-corrected chi connectivity index (χ0v) is 13.0. The maximum atomic E-state index is 3.76. The highest BCUT2D eigenvalue weighted by Gasteiger charge is 2.24. The van der Waals surface area contributed by atoms with Crippen LogP contribution in [0.15, 0.2) is 54.6 Å². The summed E-state index contributed by atoms with van der Waals surface area (Å²) in [6.07, 6.45) is 4.21. The monoisotopic (exact) mass is 279 g/mol. The lowest BCUT2D eigenvalue weighted by Crippen LogP contribution is -2.38. The molecule has 3 rings (SSSR count). The zero-order chi connectivity index (χ0) is 14.7. The van der Waals surface area contributed by atoms with Gasteiger partial charge in [0.25, 0.3) is 0 Å². The van der Waals surface area contributed by atoms with Crippen molar-refractivity contribution in [3.8, 4) is 11.1 Å². The summed E-state index contributed by atoms with van der Waals surface area (Å²) in [6, 6.07) is 20.6. The fourth-order valence-electron chi connectivity index (χ4n) is 3.16. The highest BCUT2D eigenvalue weighted by molar-refractivity contribution is 5.63. The molecule has 0 radical (unpaired) electrons. The molecule has 1 aliphatic carbocycles. The molecule has 0 bridgehead atoms. The molecular formula is C20H25N. The number of hydrogen-bond acceptors (Lipinski definition) is 1. The molecule has 2 aromatic carbocycles. The van der Waals surface area contributed by atoms with Gasteiger partial charge < -0.3 is 5.32 Å². The quantitative estimate of drug-likeness (QED) is 0.794. The fourth-order valence-corrected chi connectivity index (χ4v) is 3.16. The fraction of sp³-hybridized carbons (Fsp3) is 0.400. The van der Waals surface area contributed by atoms with Crippen LogP contribution in [0, 0.1) is 5.92 Å². The summed E-state index contributed by atoms with van der Waals surface area (Å²) >= 11 is 0. The van der Waals surface area contributed by atoms with Gasteiger partial charge in [0, 0.05) is 12.1 Å². The Balaban J connectivity index is 1.66. The van der Waals surface area contributed by atoms with Crippen molar-refractivity contribution in [2.45, 2.75) is 45.2 Å². The molecule has 1 fully saturated rings. The summed E-state index contributed by atoms with van der Waals surface area (Å²) in [5.74, 6) is 0.885. The predicted octanol–water partition coefficient (Wildman–Crippen LogP) is 5.19. The molecule has 1 heteroatoms. The second-order valence-electron chi connectivity index (χ2n) is 6.36. The van der Waals surface area contributed by atoms with Crippen LogP contribution in [0.4, 0.5) is 0 Å². The van der Waals surface area contributed by atoms with Gasteiger partial charge in [-0.25, -0.2) is 0 Å². The third kappa shape index (κ3) is 3.36. The summed E-state index contributed by atoms with van der Waals surface area (Å²) in [7, 11) is 0. The van der Waals surface area contributed by atoms with Crippen LogP contribution in [0.3, 0.4) is 0 Å². The molecule has 0 spiro atoms. The Hall–Kier alpha value is -1.60. The second-order valence-corrected chi connectivity index (χ2v) is 6.36. The van der Waals surface area contributed by atoms with Crippen LogP contribution in [-0.2, 0) is 0 Å². The van der Waals surface area contributed by atoms with Gasteiger partial charge in [-0.1, -0.05) is 61.0 Å². The lowest BCUT2D eigenvalue weighted by atomic mass is 9.80. The van der Waals surface area contributed by atoms with Crippen LogP contribution in [0.25, 0.3) is 11.1 Å². The van der Waals surface area contributed by atoms with E-state index in [0.29, 0.717) is 12.1 Å². The summed E-state index contributed by atoms with van der Waals surface area (Å²) in [4.78, 5) is 0. The van der Waals surface area contributed by atoms with Gasteiger partial charge in [-0.15, -0.1) is 0 Å². The minimum atomic E-state index is 0.422. The largest absolute Gasteiger partial charge is 0.307 e. The molecule has 1 aliphatic rings. The van der Waals surface area contributed by atoms with E-state index in [-0.39, 0.29) is 0 Å². The molecule has 2 unspecified atom stereocenters. The Labute approximate surface area is 128 Å². The van der Waals surface area contributed by atoms with Crippen molar-refractivity contribution in [2.75, 3.05) is 0 Å². The van der Waals surface area contributed by atoms with E-state index >= 15 is 0 Å². The molecule has 110 valence electrons. The molecule has 21 heavy (non-hydrogen) atoms. The van der Waals surface area contributed by atoms with E-state index in [1.807, 2.05) is 0 Å². The molecule has 0 amide bonds. The van der Waals surface area contributed by atoms with Crippen molar-refractivity contribution >= 4 is 0 Å². The first kappa shape index (κ1) is 14.3. The van der Waals surface area contributed by atoms with E-state index in [9.17, 15) is 0 Å². The Kier molecular flexibility index (Phi) is 4.40. The predicted molar refractivity (Wildman–Crippen MR) is 90.2 cm³/mol. The molecule has 1 nitrogen and oxygen atoms in total. The first-order chi connectivity index (χ1) is 10.2. The average molecular weight is 279 g/mol. The highest BCUT2D eigenvalue weighted by atomic mass is 14.9. The molecule has 1 saturated carbocycles. The molecule has 0 heterocycles. The Bertz CT molecular complexity index is 554. The first-order valence-corrected chi connectivity index (χ1v) is 8.15. The molecule has 2 aromatic rings. The SMILES string of the molecule is CC(NC(C)C1CCC1)c1ccc(-c2ccccc2)cc1. The second kappa shape index (κ2) is 6.44. The van der Waals surface area contributed by atoms with Gasteiger partial charge in [-0.2, -0.15) is 0 Å². The molecular weight excluding hydrogens is 254 g/mol. The first-order valence-electron chi connectivity index (χ1n) is 8.15. The highest BCUT2D eigenvalue weighted by Crippen LogP contribution is 2.30. The van der Waals surface area contributed by atoms with Crippen molar-refractivity contribution in [3.05, 3.63) is 60.2 Å². The molecule has 0 aromatic heterocycles. The van der Waals surface area contributed by atoms with Crippen molar-refractivity contribution < 1.29 is 0 Å². The van der Waals surface area contributed by atoms with Gasteiger partial charge in [-0.05, 0) is 49.3 Å². The minimum Gasteiger partial charge on any atom is -0.307 e. The summed E-state index contributed by atoms with van der Waals surface area (Å²) in [5, 5.41) is 3.76. The van der Waals surface area contributed by atoms with E-state index in [1.165, 1.54) is 36.0 Å². The third-order valence-corrected chi connectivity index (χ3v) is 4.89. The van der Waals surface area contributed by atoms with Gasteiger partial charge in [-0.3, -0.25) is 0 Å². The number of hydrogen-bond donors (Lipinski definition) is 1. The van der Waals surface area contributed by atoms with Crippen LogP contribution in [0.1, 0.15) is 44.7 Å². The maximum absolute atomic E-state index is 3.76. The van der Waals surface area contributed by atoms with E-state index in [2.05, 4.69) is 73.8 Å². The average Bonchev–Trinajstić information content (AvgIpc) is 2.46. The van der Waals surface area contributed by atoms with Crippen LogP contribution in [0.5, 0.6) is 0 Å². The van der Waals surface area contributed by atoms with E-state index in [0.717, 1.165) is 5.92 Å². The van der Waals surface area contributed by atoms with Gasteiger partial charge in [0.1, 0.15) is 0 Å². The lowest BCUT2D eigenvalue weighted by molar-refractivity contribution is 0.230. The summed E-state index contributed by atoms with van der Waals surface area (Å²) < 4.78 is 0. The van der Waals surface area contributed by atoms with Crippen LogP contribution < -0.4 is 5.32 Å². The van der Waals surface area contributed by atoms with Crippen LogP contribution in [0.2, 0.25) is 0 Å². The standard InChI is InChI=1S/C20H25N/c1-15(17-9-6-10-17)21-16(2)18-11-13-20(14-12-18)19-7-4-3-5-8-19/h3-5,7-8,11-17,21H,6,9-10H2,1-2H3. The number of benzene rings is 2. The van der Waals surface area contributed by atoms with Crippen molar-refractivity contribution in [1.82, 2.24) is 5.32 Å². The van der Waals surface area contributed by atoms with Crippen LogP contribution >= 0.6 is 0 Å². The topological polar surface area (TPSA) is 12.0 Å². The lowest BCUT2D eigenvalue weighted by Gasteiger charge is -2.34. The maximum Gasteiger partial charge on any atom is 0.0294 e. The normalized spacial score (nSPS) is 18.0. The smallest absolute Gasteiger partial charge is 0.0294 e. The molecule has 2 atom stereocenters. The Morgan fingerprint density at radius 2 is 1.48 bits per heavy atom. The number of nitrogens with one attached hydrogen (secondary N) is 1. The zero-order valence-electron chi connectivity index (χ0n) is 13.0. The molecule has 0 aliphatic heterocycles. The van der Waals surface area contributed by atoms with E-state index in [4.69, 9.17) is 0 Å². The van der Waals surface area contributed by atoms with Gasteiger partial charge >= 0.3 is 0 Å².